The van der Waals surface area contributed by atoms with E-state index < -0.39 is 31.3 Å². The smallest absolute Gasteiger partial charge is 0.349 e. The molecule has 178 valence electrons. The van der Waals surface area contributed by atoms with Crippen molar-refractivity contribution in [1.29, 1.82) is 0 Å². The summed E-state index contributed by atoms with van der Waals surface area (Å²) in [6.45, 7) is 6.58. The van der Waals surface area contributed by atoms with E-state index in [1.165, 1.54) is 16.8 Å². The number of hydrogen-bond donors (Lipinski definition) is 2. The van der Waals surface area contributed by atoms with Crippen molar-refractivity contribution in [2.45, 2.75) is 65.1 Å². The number of rotatable bonds is 11. The Labute approximate surface area is 190 Å². The Morgan fingerprint density at radius 1 is 1.45 bits per heavy atom. The third-order valence-electron chi connectivity index (χ3n) is 4.58. The van der Waals surface area contributed by atoms with Gasteiger partial charge in [0, 0.05) is 6.20 Å². The van der Waals surface area contributed by atoms with Gasteiger partial charge in [-0.2, -0.15) is 18.5 Å². The monoisotopic (exact) mass is 478 g/mol. The molecule has 0 aromatic carbocycles. The molecular formula is C19H35N4O6PS. The number of anilines is 1. The quantitative estimate of drug-likeness (QED) is 0.279. The van der Waals surface area contributed by atoms with Gasteiger partial charge in [-0.25, -0.2) is 9.88 Å². The van der Waals surface area contributed by atoms with Crippen LogP contribution in [0.3, 0.4) is 0 Å². The molecule has 3 atom stereocenters. The summed E-state index contributed by atoms with van der Waals surface area (Å²) in [5, 5.41) is 2.84. The lowest BCUT2D eigenvalue weighted by Crippen LogP contribution is -2.42. The van der Waals surface area contributed by atoms with Crippen LogP contribution in [0.25, 0.3) is 0 Å². The van der Waals surface area contributed by atoms with Gasteiger partial charge < -0.3 is 19.7 Å². The van der Waals surface area contributed by atoms with Crippen LogP contribution in [0.2, 0.25) is 0 Å². The molecule has 1 aliphatic heterocycles. The number of nitrogens with one attached hydrogen (secondary N) is 1. The average Bonchev–Trinajstić information content (AvgIpc) is 2.68. The minimum absolute atomic E-state index is 0. The van der Waals surface area contributed by atoms with Crippen LogP contribution in [0.4, 0.5) is 5.82 Å². The van der Waals surface area contributed by atoms with Gasteiger partial charge in [0.15, 0.2) is 0 Å². The molecular weight excluding hydrogens is 443 g/mol. The molecule has 1 fully saturated rings. The normalized spacial score (nSPS) is 22.0. The molecule has 12 heteroatoms. The molecule has 1 aromatic heterocycles. The van der Waals surface area contributed by atoms with Crippen molar-refractivity contribution >= 4 is 32.8 Å². The Bertz CT molecular complexity index is 794. The first kappa shape index (κ1) is 27.6. The van der Waals surface area contributed by atoms with Gasteiger partial charge in [0.1, 0.15) is 24.3 Å². The predicted molar refractivity (Wildman–Crippen MR) is 123 cm³/mol. The van der Waals surface area contributed by atoms with Gasteiger partial charge in [-0.05, 0) is 24.8 Å². The number of hydrogen-bond acceptors (Lipinski definition) is 8. The number of carbonyl (C=O) groups excluding carboxylic acids is 1. The van der Waals surface area contributed by atoms with Crippen LogP contribution in [-0.4, -0.2) is 47.2 Å². The molecule has 0 aliphatic carbocycles. The van der Waals surface area contributed by atoms with Gasteiger partial charge in [-0.3, -0.25) is 13.9 Å². The van der Waals surface area contributed by atoms with Crippen LogP contribution in [0.15, 0.2) is 17.1 Å². The third kappa shape index (κ3) is 9.33. The standard InChI is InChI=1S/C19H33N4O6P.H2S/c1-4-5-6-9-27-18(24)16(10-14(2)3)22-30(26)13-28-15(12-29-30)11-23-8-7-17(20)21-19(23)25;/h7-8,14-16H,4-6,9-13H2,1-3H3,(H,22,26)(H2,20,21,25);1H2/t15-,16-,30?;/m0./s1. The Kier molecular flexibility index (Phi) is 11.8. The number of nitrogens with two attached hydrogens (primary N) is 1. The van der Waals surface area contributed by atoms with Crippen molar-refractivity contribution in [1.82, 2.24) is 14.6 Å². The molecule has 1 aromatic rings. The summed E-state index contributed by atoms with van der Waals surface area (Å²) in [5.41, 5.74) is 4.99. The molecule has 3 N–H and O–H groups in total. The van der Waals surface area contributed by atoms with E-state index in [9.17, 15) is 14.2 Å². The van der Waals surface area contributed by atoms with Crippen LogP contribution in [0, 0.1) is 5.92 Å². The van der Waals surface area contributed by atoms with Crippen molar-refractivity contribution in [3.8, 4) is 0 Å². The maximum Gasteiger partial charge on any atom is 0.349 e. The average molecular weight is 479 g/mol. The second kappa shape index (κ2) is 13.2. The molecule has 10 nitrogen and oxygen atoms in total. The topological polar surface area (TPSA) is 135 Å². The fourth-order valence-electron chi connectivity index (χ4n) is 3.01. The maximum absolute atomic E-state index is 13.1. The van der Waals surface area contributed by atoms with Crippen molar-refractivity contribution in [3.05, 3.63) is 22.7 Å². The molecule has 0 amide bonds. The van der Waals surface area contributed by atoms with Crippen LogP contribution in [0.5, 0.6) is 0 Å². The molecule has 1 aliphatic rings. The van der Waals surface area contributed by atoms with E-state index in [-0.39, 0.29) is 44.7 Å². The fourth-order valence-corrected chi connectivity index (χ4v) is 4.73. The van der Waals surface area contributed by atoms with Crippen LogP contribution in [0.1, 0.15) is 46.5 Å². The summed E-state index contributed by atoms with van der Waals surface area (Å²) >= 11 is 0. The van der Waals surface area contributed by atoms with Crippen molar-refractivity contribution in [3.63, 3.8) is 0 Å². The highest BCUT2D eigenvalue weighted by atomic mass is 32.1. The summed E-state index contributed by atoms with van der Waals surface area (Å²) in [4.78, 5) is 28.0. The number of esters is 1. The summed E-state index contributed by atoms with van der Waals surface area (Å²) in [6, 6.07) is 0.779. The first-order chi connectivity index (χ1) is 14.2. The van der Waals surface area contributed by atoms with E-state index in [4.69, 9.17) is 19.7 Å². The largest absolute Gasteiger partial charge is 0.465 e. The molecule has 0 saturated carbocycles. The first-order valence-electron chi connectivity index (χ1n) is 10.3. The fraction of sp³-hybridized carbons (Fsp3) is 0.737. The lowest BCUT2D eigenvalue weighted by atomic mass is 10.1. The zero-order chi connectivity index (χ0) is 22.1. The van der Waals surface area contributed by atoms with E-state index >= 15 is 0 Å². The zero-order valence-corrected chi connectivity index (χ0v) is 20.3. The van der Waals surface area contributed by atoms with Crippen LogP contribution in [-0.2, 0) is 29.9 Å². The second-order valence-electron chi connectivity index (χ2n) is 7.86. The minimum atomic E-state index is -3.38. The van der Waals surface area contributed by atoms with E-state index in [1.54, 1.807) is 0 Å². The molecule has 1 saturated heterocycles. The van der Waals surface area contributed by atoms with Gasteiger partial charge in [-0.15, -0.1) is 0 Å². The Balaban J connectivity index is 0.00000480. The zero-order valence-electron chi connectivity index (χ0n) is 18.4. The summed E-state index contributed by atoms with van der Waals surface area (Å²) in [6.07, 6.45) is 4.14. The van der Waals surface area contributed by atoms with Gasteiger partial charge in [-0.1, -0.05) is 33.6 Å². The van der Waals surface area contributed by atoms with Crippen LogP contribution < -0.4 is 16.5 Å². The summed E-state index contributed by atoms with van der Waals surface area (Å²) in [7, 11) is -3.38. The van der Waals surface area contributed by atoms with Crippen molar-refractivity contribution < 1.29 is 23.4 Å². The van der Waals surface area contributed by atoms with Gasteiger partial charge in [0.05, 0.1) is 19.8 Å². The molecule has 31 heavy (non-hydrogen) atoms. The van der Waals surface area contributed by atoms with E-state index in [1.807, 2.05) is 13.8 Å². The summed E-state index contributed by atoms with van der Waals surface area (Å²) in [5.74, 6) is -0.0931. The number of aromatic nitrogens is 2. The van der Waals surface area contributed by atoms with Crippen molar-refractivity contribution in [2.24, 2.45) is 5.92 Å². The highest BCUT2D eigenvalue weighted by Gasteiger charge is 2.37. The lowest BCUT2D eigenvalue weighted by molar-refractivity contribution is -0.146. The van der Waals surface area contributed by atoms with Crippen LogP contribution >= 0.6 is 21.0 Å². The lowest BCUT2D eigenvalue weighted by Gasteiger charge is -2.32. The highest BCUT2D eigenvalue weighted by molar-refractivity contribution is 7.59. The van der Waals surface area contributed by atoms with Gasteiger partial charge in [0.2, 0.25) is 0 Å². The number of nitrogen functional groups attached to an aromatic ring is 1. The van der Waals surface area contributed by atoms with Gasteiger partial charge >= 0.3 is 11.7 Å². The Morgan fingerprint density at radius 3 is 2.77 bits per heavy atom. The van der Waals surface area contributed by atoms with E-state index in [2.05, 4.69) is 17.0 Å². The molecule has 0 bridgehead atoms. The molecule has 0 radical (unpaired) electrons. The molecule has 2 rings (SSSR count). The third-order valence-corrected chi connectivity index (χ3v) is 6.34. The first-order valence-corrected chi connectivity index (χ1v) is 12.2. The summed E-state index contributed by atoms with van der Waals surface area (Å²) < 4.78 is 31.0. The maximum atomic E-state index is 13.1. The van der Waals surface area contributed by atoms with E-state index in [0.717, 1.165) is 19.3 Å². The molecule has 0 spiro atoms. The van der Waals surface area contributed by atoms with Crippen molar-refractivity contribution in [2.75, 3.05) is 25.3 Å². The van der Waals surface area contributed by atoms with E-state index in [0.29, 0.717) is 13.0 Å². The minimum Gasteiger partial charge on any atom is -0.465 e. The Hall–Kier alpha value is -1.39. The molecule has 1 unspecified atom stereocenters. The predicted octanol–water partition coefficient (Wildman–Crippen LogP) is 2.24. The Morgan fingerprint density at radius 2 is 2.19 bits per heavy atom. The second-order valence-corrected chi connectivity index (χ2v) is 9.98. The SMILES string of the molecule is CCCCCOC(=O)[C@H](CC(C)C)NP1(=O)CO[C@@H](Cn2ccc(N)nc2=O)CO1.S. The number of ether oxygens (including phenoxy) is 2. The molecule has 2 heterocycles. The number of nitrogens with zero attached hydrogens (tertiary/aromatic N) is 2. The van der Waals surface area contributed by atoms with Gasteiger partial charge in [0.25, 0.3) is 7.52 Å². The highest BCUT2D eigenvalue weighted by Crippen LogP contribution is 2.46. The number of carbonyl (C=O) groups is 1. The number of unbranched alkanes of at least 4 members (excludes halogenated alkanes) is 2.